The molecule has 0 radical (unpaired) electrons. The van der Waals surface area contributed by atoms with Crippen molar-refractivity contribution in [2.75, 3.05) is 20.8 Å². The Labute approximate surface area is 159 Å². The van der Waals surface area contributed by atoms with Crippen molar-refractivity contribution in [2.24, 2.45) is 5.92 Å². The summed E-state index contributed by atoms with van der Waals surface area (Å²) in [4.78, 5) is 15.1. The Bertz CT molecular complexity index is 819. The lowest BCUT2D eigenvalue weighted by molar-refractivity contribution is 0.0603. The molecule has 2 aromatic carbocycles. The molecule has 0 aliphatic carbocycles. The van der Waals surface area contributed by atoms with Gasteiger partial charge in [0.15, 0.2) is 11.5 Å². The molecule has 1 amide bonds. The van der Waals surface area contributed by atoms with Crippen molar-refractivity contribution in [3.8, 4) is 11.5 Å². The minimum Gasteiger partial charge on any atom is -0.493 e. The number of hydrogen-bond acceptors (Lipinski definition) is 3. The molecule has 0 fully saturated rings. The van der Waals surface area contributed by atoms with Crippen LogP contribution >= 0.6 is 11.6 Å². The van der Waals surface area contributed by atoms with Crippen molar-refractivity contribution in [3.63, 3.8) is 0 Å². The Balaban J connectivity index is 2.04. The molecule has 0 bridgehead atoms. The van der Waals surface area contributed by atoms with Gasteiger partial charge in [-0.25, -0.2) is 0 Å². The molecule has 1 aliphatic heterocycles. The zero-order valence-electron chi connectivity index (χ0n) is 15.6. The molecule has 1 atom stereocenters. The molecule has 4 nitrogen and oxygen atoms in total. The van der Waals surface area contributed by atoms with E-state index in [1.807, 2.05) is 29.2 Å². The highest BCUT2D eigenvalue weighted by molar-refractivity contribution is 6.30. The number of rotatable bonds is 4. The molecule has 0 spiro atoms. The monoisotopic (exact) mass is 373 g/mol. The van der Waals surface area contributed by atoms with Gasteiger partial charge in [0, 0.05) is 17.1 Å². The van der Waals surface area contributed by atoms with E-state index in [0.717, 1.165) is 17.7 Å². The van der Waals surface area contributed by atoms with Gasteiger partial charge in [-0.15, -0.1) is 0 Å². The smallest absolute Gasteiger partial charge is 0.254 e. The summed E-state index contributed by atoms with van der Waals surface area (Å²) in [6.07, 6.45) is 0.783. The molecular formula is C21H24ClNO3. The maximum Gasteiger partial charge on any atom is 0.254 e. The fraction of sp³-hybridized carbons (Fsp3) is 0.381. The van der Waals surface area contributed by atoms with E-state index in [2.05, 4.69) is 13.8 Å². The SMILES string of the molecule is COc1cc2c(cc1OC)[C@@H](C(C)C)N(C(=O)c1cccc(Cl)c1)CC2. The van der Waals surface area contributed by atoms with Crippen molar-refractivity contribution in [2.45, 2.75) is 26.3 Å². The highest BCUT2D eigenvalue weighted by atomic mass is 35.5. The molecule has 5 heteroatoms. The molecular weight excluding hydrogens is 350 g/mol. The van der Waals surface area contributed by atoms with Crippen molar-refractivity contribution < 1.29 is 14.3 Å². The summed E-state index contributed by atoms with van der Waals surface area (Å²) in [5, 5.41) is 0.570. The molecule has 138 valence electrons. The van der Waals surface area contributed by atoms with Crippen molar-refractivity contribution >= 4 is 17.5 Å². The van der Waals surface area contributed by atoms with Gasteiger partial charge < -0.3 is 14.4 Å². The number of fused-ring (bicyclic) bond motifs is 1. The average molecular weight is 374 g/mol. The molecule has 2 aromatic rings. The number of hydrogen-bond donors (Lipinski definition) is 0. The maximum absolute atomic E-state index is 13.2. The van der Waals surface area contributed by atoms with E-state index in [1.54, 1.807) is 26.4 Å². The summed E-state index contributed by atoms with van der Waals surface area (Å²) in [7, 11) is 3.27. The fourth-order valence-corrected chi connectivity index (χ4v) is 3.90. The first-order valence-electron chi connectivity index (χ1n) is 8.77. The minimum atomic E-state index is -0.0231. The predicted molar refractivity (Wildman–Crippen MR) is 103 cm³/mol. The van der Waals surface area contributed by atoms with E-state index >= 15 is 0 Å². The summed E-state index contributed by atoms with van der Waals surface area (Å²) in [6, 6.07) is 11.2. The molecule has 0 saturated carbocycles. The molecule has 1 aliphatic rings. The number of ether oxygens (including phenoxy) is 2. The molecule has 3 rings (SSSR count). The van der Waals surface area contributed by atoms with Crippen LogP contribution in [0.1, 0.15) is 41.4 Å². The fourth-order valence-electron chi connectivity index (χ4n) is 3.71. The van der Waals surface area contributed by atoms with Gasteiger partial charge in [-0.2, -0.15) is 0 Å². The lowest BCUT2D eigenvalue weighted by Gasteiger charge is -2.40. The van der Waals surface area contributed by atoms with Gasteiger partial charge in [-0.3, -0.25) is 4.79 Å². The number of benzene rings is 2. The number of carbonyl (C=O) groups is 1. The van der Waals surface area contributed by atoms with Crippen LogP contribution in [0, 0.1) is 5.92 Å². The molecule has 0 aromatic heterocycles. The third-order valence-electron chi connectivity index (χ3n) is 4.89. The predicted octanol–water partition coefficient (Wildman–Crippen LogP) is 4.75. The second kappa shape index (κ2) is 7.58. The van der Waals surface area contributed by atoms with E-state index in [-0.39, 0.29) is 17.9 Å². The second-order valence-electron chi connectivity index (χ2n) is 6.85. The summed E-state index contributed by atoms with van der Waals surface area (Å²) < 4.78 is 10.9. The van der Waals surface area contributed by atoms with Crippen LogP contribution in [-0.4, -0.2) is 31.6 Å². The third-order valence-corrected chi connectivity index (χ3v) is 5.12. The number of nitrogens with zero attached hydrogens (tertiary/aromatic N) is 1. The largest absolute Gasteiger partial charge is 0.493 e. The molecule has 0 saturated heterocycles. The first kappa shape index (κ1) is 18.6. The standard InChI is InChI=1S/C21H24ClNO3/c1-13(2)20-17-12-19(26-4)18(25-3)11-14(17)8-9-23(20)21(24)15-6-5-7-16(22)10-15/h5-7,10-13,20H,8-9H2,1-4H3/t20-/m1/s1. The van der Waals surface area contributed by atoms with Crippen LogP contribution in [0.3, 0.4) is 0 Å². The highest BCUT2D eigenvalue weighted by Gasteiger charge is 2.34. The van der Waals surface area contributed by atoms with Crippen LogP contribution in [0.4, 0.5) is 0 Å². The Morgan fingerprint density at radius 2 is 1.85 bits per heavy atom. The van der Waals surface area contributed by atoms with E-state index in [4.69, 9.17) is 21.1 Å². The van der Waals surface area contributed by atoms with Gasteiger partial charge in [0.25, 0.3) is 5.91 Å². The Kier molecular flexibility index (Phi) is 5.42. The number of methoxy groups -OCH3 is 2. The highest BCUT2D eigenvalue weighted by Crippen LogP contribution is 2.41. The minimum absolute atomic E-state index is 0.00614. The summed E-state index contributed by atoms with van der Waals surface area (Å²) in [5.41, 5.74) is 2.95. The number of halogens is 1. The van der Waals surface area contributed by atoms with E-state index in [9.17, 15) is 4.79 Å². The van der Waals surface area contributed by atoms with Gasteiger partial charge in [0.2, 0.25) is 0 Å². The van der Waals surface area contributed by atoms with Gasteiger partial charge in [-0.05, 0) is 53.8 Å². The van der Waals surface area contributed by atoms with Gasteiger partial charge >= 0.3 is 0 Å². The Morgan fingerprint density at radius 3 is 2.46 bits per heavy atom. The van der Waals surface area contributed by atoms with Crippen LogP contribution in [0.2, 0.25) is 5.02 Å². The quantitative estimate of drug-likeness (QED) is 0.776. The lowest BCUT2D eigenvalue weighted by atomic mass is 9.85. The lowest BCUT2D eigenvalue weighted by Crippen LogP contribution is -2.42. The Morgan fingerprint density at radius 1 is 1.15 bits per heavy atom. The van der Waals surface area contributed by atoms with Gasteiger partial charge in [0.05, 0.1) is 20.3 Å². The molecule has 26 heavy (non-hydrogen) atoms. The summed E-state index contributed by atoms with van der Waals surface area (Å²) >= 11 is 6.08. The third kappa shape index (κ3) is 3.38. The van der Waals surface area contributed by atoms with E-state index in [1.165, 1.54) is 5.56 Å². The van der Waals surface area contributed by atoms with Crippen LogP contribution in [0.25, 0.3) is 0 Å². The maximum atomic E-state index is 13.2. The van der Waals surface area contributed by atoms with E-state index < -0.39 is 0 Å². The molecule has 0 N–H and O–H groups in total. The Hall–Kier alpha value is -2.20. The average Bonchev–Trinajstić information content (AvgIpc) is 2.64. The zero-order valence-corrected chi connectivity index (χ0v) is 16.3. The molecule has 0 unspecified atom stereocenters. The van der Waals surface area contributed by atoms with Crippen LogP contribution < -0.4 is 9.47 Å². The second-order valence-corrected chi connectivity index (χ2v) is 7.29. The number of carbonyl (C=O) groups excluding carboxylic acids is 1. The zero-order chi connectivity index (χ0) is 18.8. The van der Waals surface area contributed by atoms with Gasteiger partial charge in [0.1, 0.15) is 0 Å². The van der Waals surface area contributed by atoms with Crippen LogP contribution in [0.15, 0.2) is 36.4 Å². The van der Waals surface area contributed by atoms with Crippen LogP contribution in [-0.2, 0) is 6.42 Å². The van der Waals surface area contributed by atoms with Crippen molar-refractivity contribution in [1.29, 1.82) is 0 Å². The normalized spacial score (nSPS) is 16.4. The summed E-state index contributed by atoms with van der Waals surface area (Å²) in [6.45, 7) is 4.93. The first-order valence-corrected chi connectivity index (χ1v) is 9.15. The molecule has 1 heterocycles. The van der Waals surface area contributed by atoms with Crippen molar-refractivity contribution in [3.05, 3.63) is 58.1 Å². The number of amides is 1. The topological polar surface area (TPSA) is 38.8 Å². The van der Waals surface area contributed by atoms with Gasteiger partial charge in [-0.1, -0.05) is 31.5 Å². The van der Waals surface area contributed by atoms with Crippen molar-refractivity contribution in [1.82, 2.24) is 4.90 Å². The summed E-state index contributed by atoms with van der Waals surface area (Å²) in [5.74, 6) is 1.68. The van der Waals surface area contributed by atoms with Crippen LogP contribution in [0.5, 0.6) is 11.5 Å². The van der Waals surface area contributed by atoms with E-state index in [0.29, 0.717) is 22.9 Å². The first-order chi connectivity index (χ1) is 12.5.